The maximum Gasteiger partial charge on any atom is 0.245 e. The molecule has 0 bridgehead atoms. The van der Waals surface area contributed by atoms with Gasteiger partial charge in [-0.15, -0.1) is 0 Å². The van der Waals surface area contributed by atoms with E-state index in [0.717, 1.165) is 25.8 Å². The average Bonchev–Trinajstić information content (AvgIpc) is 2.52. The second kappa shape index (κ2) is 6.37. The third-order valence-corrected chi connectivity index (χ3v) is 4.00. The Morgan fingerprint density at radius 2 is 2.11 bits per heavy atom. The molecule has 0 N–H and O–H groups in total. The second-order valence-electron chi connectivity index (χ2n) is 5.69. The second-order valence-corrected chi connectivity index (χ2v) is 5.69. The first-order chi connectivity index (χ1) is 9.13. The van der Waals surface area contributed by atoms with Crippen molar-refractivity contribution in [3.8, 4) is 0 Å². The van der Waals surface area contributed by atoms with Crippen molar-refractivity contribution in [1.29, 1.82) is 0 Å². The number of amides is 2. The van der Waals surface area contributed by atoms with Crippen LogP contribution in [-0.4, -0.2) is 61.0 Å². The molecule has 0 spiro atoms. The van der Waals surface area contributed by atoms with Crippen LogP contribution in [0.5, 0.6) is 0 Å². The molecule has 2 fully saturated rings. The van der Waals surface area contributed by atoms with Crippen LogP contribution in [0.15, 0.2) is 0 Å². The highest BCUT2D eigenvalue weighted by Gasteiger charge is 2.37. The number of carbonyl (C=O) groups is 2. The largest absolute Gasteiger partial charge is 0.384 e. The first kappa shape index (κ1) is 14.3. The lowest BCUT2D eigenvalue weighted by molar-refractivity contribution is -0.143. The van der Waals surface area contributed by atoms with Gasteiger partial charge in [-0.2, -0.15) is 0 Å². The number of piperidine rings is 1. The van der Waals surface area contributed by atoms with Crippen molar-refractivity contribution in [3.63, 3.8) is 0 Å². The molecule has 0 aromatic carbocycles. The number of hydrogen-bond acceptors (Lipinski definition) is 3. The summed E-state index contributed by atoms with van der Waals surface area (Å²) >= 11 is 0. The van der Waals surface area contributed by atoms with Crippen molar-refractivity contribution in [2.75, 3.05) is 33.4 Å². The average molecular weight is 268 g/mol. The molecule has 2 aliphatic heterocycles. The van der Waals surface area contributed by atoms with Gasteiger partial charge in [0, 0.05) is 33.2 Å². The van der Waals surface area contributed by atoms with E-state index in [2.05, 4.69) is 6.92 Å². The summed E-state index contributed by atoms with van der Waals surface area (Å²) in [6.45, 7) is 4.70. The van der Waals surface area contributed by atoms with E-state index in [1.54, 1.807) is 12.0 Å². The zero-order valence-electron chi connectivity index (χ0n) is 11.9. The van der Waals surface area contributed by atoms with Crippen molar-refractivity contribution in [2.45, 2.75) is 38.6 Å². The topological polar surface area (TPSA) is 49.9 Å². The van der Waals surface area contributed by atoms with E-state index >= 15 is 0 Å². The highest BCUT2D eigenvalue weighted by atomic mass is 16.5. The molecule has 2 aliphatic rings. The highest BCUT2D eigenvalue weighted by Crippen LogP contribution is 2.23. The fraction of sp³-hybridized carbons (Fsp3) is 0.857. The molecule has 5 heteroatoms. The van der Waals surface area contributed by atoms with Gasteiger partial charge in [0.05, 0.1) is 6.61 Å². The third-order valence-electron chi connectivity index (χ3n) is 4.00. The van der Waals surface area contributed by atoms with Crippen LogP contribution in [-0.2, 0) is 14.3 Å². The zero-order chi connectivity index (χ0) is 13.8. The molecule has 0 radical (unpaired) electrons. The Labute approximate surface area is 114 Å². The lowest BCUT2D eigenvalue weighted by atomic mass is 10.0. The molecule has 0 saturated carbocycles. The summed E-state index contributed by atoms with van der Waals surface area (Å²) < 4.78 is 5.12. The van der Waals surface area contributed by atoms with Gasteiger partial charge >= 0.3 is 0 Å². The predicted octanol–water partition coefficient (Wildman–Crippen LogP) is 0.882. The van der Waals surface area contributed by atoms with Crippen LogP contribution in [0, 0.1) is 5.92 Å². The first-order valence-corrected chi connectivity index (χ1v) is 7.20. The van der Waals surface area contributed by atoms with E-state index in [1.165, 1.54) is 0 Å². The van der Waals surface area contributed by atoms with Gasteiger partial charge in [0.1, 0.15) is 6.04 Å². The van der Waals surface area contributed by atoms with Gasteiger partial charge in [0.2, 0.25) is 11.8 Å². The Morgan fingerprint density at radius 1 is 1.32 bits per heavy atom. The minimum Gasteiger partial charge on any atom is -0.384 e. The molecular formula is C14H24N2O3. The summed E-state index contributed by atoms with van der Waals surface area (Å²) in [6.07, 6.45) is 3.35. The Morgan fingerprint density at radius 3 is 2.84 bits per heavy atom. The quantitative estimate of drug-likeness (QED) is 0.760. The van der Waals surface area contributed by atoms with Crippen LogP contribution >= 0.6 is 0 Å². The highest BCUT2D eigenvalue weighted by molar-refractivity contribution is 5.90. The Kier molecular flexibility index (Phi) is 4.80. The smallest absolute Gasteiger partial charge is 0.245 e. The maximum absolute atomic E-state index is 12.6. The minimum absolute atomic E-state index is 0.133. The Balaban J connectivity index is 2.05. The normalized spacial score (nSPS) is 26.1. The fourth-order valence-electron chi connectivity index (χ4n) is 3.08. The van der Waals surface area contributed by atoms with E-state index in [4.69, 9.17) is 4.74 Å². The van der Waals surface area contributed by atoms with E-state index in [1.807, 2.05) is 4.90 Å². The standard InChI is InChI=1S/C14H24N2O3/c1-11(10-19-2)9-15-8-6-13(17)16-7-4-3-5-12(16)14(15)18/h11-12H,3-10H2,1-2H3. The van der Waals surface area contributed by atoms with Crippen molar-refractivity contribution < 1.29 is 14.3 Å². The summed E-state index contributed by atoms with van der Waals surface area (Å²) in [7, 11) is 1.67. The molecule has 0 aromatic heterocycles. The van der Waals surface area contributed by atoms with Gasteiger partial charge in [-0.3, -0.25) is 9.59 Å². The van der Waals surface area contributed by atoms with Gasteiger partial charge in [-0.25, -0.2) is 0 Å². The molecule has 19 heavy (non-hydrogen) atoms. The van der Waals surface area contributed by atoms with Crippen LogP contribution < -0.4 is 0 Å². The van der Waals surface area contributed by atoms with Crippen molar-refractivity contribution >= 4 is 11.8 Å². The van der Waals surface area contributed by atoms with E-state index in [-0.39, 0.29) is 17.9 Å². The van der Waals surface area contributed by atoms with Gasteiger partial charge in [-0.1, -0.05) is 6.92 Å². The number of nitrogens with zero attached hydrogens (tertiary/aromatic N) is 2. The summed E-state index contributed by atoms with van der Waals surface area (Å²) in [5, 5.41) is 0. The molecule has 2 saturated heterocycles. The fourth-order valence-corrected chi connectivity index (χ4v) is 3.08. The van der Waals surface area contributed by atoms with Gasteiger partial charge in [0.15, 0.2) is 0 Å². The molecule has 5 nitrogen and oxygen atoms in total. The first-order valence-electron chi connectivity index (χ1n) is 7.20. The van der Waals surface area contributed by atoms with Crippen molar-refractivity contribution in [3.05, 3.63) is 0 Å². The number of hydrogen-bond donors (Lipinski definition) is 0. The zero-order valence-corrected chi connectivity index (χ0v) is 11.9. The molecule has 108 valence electrons. The Hall–Kier alpha value is -1.10. The van der Waals surface area contributed by atoms with E-state index < -0.39 is 0 Å². The Bertz CT molecular complexity index is 346. The lowest BCUT2D eigenvalue weighted by Crippen LogP contribution is -2.50. The monoisotopic (exact) mass is 268 g/mol. The van der Waals surface area contributed by atoms with Crippen LogP contribution in [0.25, 0.3) is 0 Å². The van der Waals surface area contributed by atoms with E-state index in [0.29, 0.717) is 32.0 Å². The van der Waals surface area contributed by atoms with E-state index in [9.17, 15) is 9.59 Å². The number of rotatable bonds is 4. The molecular weight excluding hydrogens is 244 g/mol. The maximum atomic E-state index is 12.6. The SMILES string of the molecule is COCC(C)CN1CCC(=O)N2CCCCC2C1=O. The summed E-state index contributed by atoms with van der Waals surface area (Å²) in [6, 6.07) is -0.210. The number of ether oxygens (including phenoxy) is 1. The van der Waals surface area contributed by atoms with Crippen LogP contribution in [0.3, 0.4) is 0 Å². The molecule has 2 rings (SSSR count). The lowest BCUT2D eigenvalue weighted by Gasteiger charge is -2.34. The number of carbonyl (C=O) groups excluding carboxylic acids is 2. The van der Waals surface area contributed by atoms with Crippen LogP contribution in [0.2, 0.25) is 0 Å². The molecule has 2 unspecified atom stereocenters. The van der Waals surface area contributed by atoms with Gasteiger partial charge < -0.3 is 14.5 Å². The third kappa shape index (κ3) is 3.26. The van der Waals surface area contributed by atoms with Gasteiger partial charge in [-0.05, 0) is 25.2 Å². The van der Waals surface area contributed by atoms with Crippen LogP contribution in [0.4, 0.5) is 0 Å². The number of methoxy groups -OCH3 is 1. The molecule has 2 atom stereocenters. The van der Waals surface area contributed by atoms with Crippen molar-refractivity contribution in [1.82, 2.24) is 9.80 Å². The minimum atomic E-state index is -0.210. The van der Waals surface area contributed by atoms with Gasteiger partial charge in [0.25, 0.3) is 0 Å². The summed E-state index contributed by atoms with van der Waals surface area (Å²) in [4.78, 5) is 28.3. The number of fused-ring (bicyclic) bond motifs is 1. The molecule has 2 heterocycles. The van der Waals surface area contributed by atoms with Crippen molar-refractivity contribution in [2.24, 2.45) is 5.92 Å². The van der Waals surface area contributed by atoms with Crippen LogP contribution in [0.1, 0.15) is 32.6 Å². The summed E-state index contributed by atoms with van der Waals surface area (Å²) in [5.41, 5.74) is 0. The molecule has 0 aliphatic carbocycles. The molecule has 2 amide bonds. The summed E-state index contributed by atoms with van der Waals surface area (Å²) in [5.74, 6) is 0.577. The molecule has 0 aromatic rings. The predicted molar refractivity (Wildman–Crippen MR) is 71.6 cm³/mol.